The standard InChI is InChI=1S/C18H17N7O2/c1-11(26)20-9-12-5-2-3-6-13(12)10-25-17-16(23-24-25)15(21-18(19)22-17)14-7-4-8-27-14/h2-8H,9-10H2,1H3,(H,20,26)(H2,19,21,22). The number of furan rings is 1. The molecule has 0 aliphatic rings. The van der Waals surface area contributed by atoms with Crippen LogP contribution in [0.4, 0.5) is 5.95 Å². The van der Waals surface area contributed by atoms with E-state index >= 15 is 0 Å². The minimum atomic E-state index is -0.0837. The molecule has 0 aliphatic carbocycles. The van der Waals surface area contributed by atoms with Gasteiger partial charge in [0.25, 0.3) is 0 Å². The summed E-state index contributed by atoms with van der Waals surface area (Å²) in [6.45, 7) is 2.36. The molecule has 0 atom stereocenters. The highest BCUT2D eigenvalue weighted by Crippen LogP contribution is 2.25. The predicted octanol–water partition coefficient (Wildman–Crippen LogP) is 1.75. The van der Waals surface area contributed by atoms with Crippen molar-refractivity contribution in [2.24, 2.45) is 0 Å². The van der Waals surface area contributed by atoms with Gasteiger partial charge in [0.05, 0.1) is 12.8 Å². The molecule has 9 nitrogen and oxygen atoms in total. The van der Waals surface area contributed by atoms with Crippen LogP contribution in [-0.4, -0.2) is 30.9 Å². The summed E-state index contributed by atoms with van der Waals surface area (Å²) in [6.07, 6.45) is 1.56. The molecule has 4 rings (SSSR count). The van der Waals surface area contributed by atoms with Crippen LogP contribution >= 0.6 is 0 Å². The third-order valence-corrected chi connectivity index (χ3v) is 4.10. The predicted molar refractivity (Wildman–Crippen MR) is 98.3 cm³/mol. The molecule has 0 bridgehead atoms. The van der Waals surface area contributed by atoms with Gasteiger partial charge in [0.15, 0.2) is 16.9 Å². The number of aromatic nitrogens is 5. The average molecular weight is 363 g/mol. The van der Waals surface area contributed by atoms with Crippen LogP contribution < -0.4 is 11.1 Å². The number of carbonyl (C=O) groups excluding carboxylic acids is 1. The Morgan fingerprint density at radius 2 is 2.00 bits per heavy atom. The summed E-state index contributed by atoms with van der Waals surface area (Å²) in [6, 6.07) is 11.3. The van der Waals surface area contributed by atoms with Crippen molar-refractivity contribution in [1.29, 1.82) is 0 Å². The van der Waals surface area contributed by atoms with Gasteiger partial charge < -0.3 is 15.5 Å². The largest absolute Gasteiger partial charge is 0.463 e. The molecule has 3 aromatic heterocycles. The Balaban J connectivity index is 1.73. The maximum absolute atomic E-state index is 11.2. The van der Waals surface area contributed by atoms with E-state index in [2.05, 4.69) is 25.6 Å². The summed E-state index contributed by atoms with van der Waals surface area (Å²) < 4.78 is 7.08. The van der Waals surface area contributed by atoms with Crippen molar-refractivity contribution in [3.05, 3.63) is 53.8 Å². The highest BCUT2D eigenvalue weighted by atomic mass is 16.3. The van der Waals surface area contributed by atoms with Crippen LogP contribution in [0.1, 0.15) is 18.1 Å². The molecule has 0 fully saturated rings. The van der Waals surface area contributed by atoms with E-state index in [9.17, 15) is 4.79 Å². The Bertz CT molecular complexity index is 1100. The number of carbonyl (C=O) groups is 1. The molecule has 0 unspecified atom stereocenters. The van der Waals surface area contributed by atoms with Crippen molar-refractivity contribution in [3.63, 3.8) is 0 Å². The normalized spacial score (nSPS) is 11.0. The third-order valence-electron chi connectivity index (χ3n) is 4.10. The van der Waals surface area contributed by atoms with Gasteiger partial charge in [-0.3, -0.25) is 4.79 Å². The van der Waals surface area contributed by atoms with Crippen molar-refractivity contribution >= 4 is 23.0 Å². The van der Waals surface area contributed by atoms with Crippen molar-refractivity contribution < 1.29 is 9.21 Å². The summed E-state index contributed by atoms with van der Waals surface area (Å²) in [7, 11) is 0. The first-order valence-electron chi connectivity index (χ1n) is 8.33. The van der Waals surface area contributed by atoms with Crippen LogP contribution in [-0.2, 0) is 17.9 Å². The summed E-state index contributed by atoms with van der Waals surface area (Å²) in [4.78, 5) is 19.8. The van der Waals surface area contributed by atoms with E-state index in [0.29, 0.717) is 35.7 Å². The molecule has 1 amide bonds. The molecule has 136 valence electrons. The van der Waals surface area contributed by atoms with Crippen molar-refractivity contribution in [2.45, 2.75) is 20.0 Å². The summed E-state index contributed by atoms with van der Waals surface area (Å²) >= 11 is 0. The molecule has 0 aliphatic heterocycles. The fraction of sp³-hybridized carbons (Fsp3) is 0.167. The van der Waals surface area contributed by atoms with E-state index < -0.39 is 0 Å². The number of nitrogens with one attached hydrogen (secondary N) is 1. The molecular formula is C18H17N7O2. The van der Waals surface area contributed by atoms with Crippen LogP contribution in [0.15, 0.2) is 47.1 Å². The molecule has 0 spiro atoms. The number of anilines is 1. The Morgan fingerprint density at radius 3 is 2.74 bits per heavy atom. The number of amides is 1. The lowest BCUT2D eigenvalue weighted by Gasteiger charge is -2.10. The third kappa shape index (κ3) is 3.34. The SMILES string of the molecule is CC(=O)NCc1ccccc1Cn1nnc2c(-c3ccco3)nc(N)nc21. The lowest BCUT2D eigenvalue weighted by molar-refractivity contribution is -0.119. The molecule has 0 saturated heterocycles. The van der Waals surface area contributed by atoms with E-state index in [-0.39, 0.29) is 11.9 Å². The maximum atomic E-state index is 11.2. The molecule has 3 N–H and O–H groups in total. The van der Waals surface area contributed by atoms with E-state index in [0.717, 1.165) is 11.1 Å². The quantitative estimate of drug-likeness (QED) is 0.553. The zero-order valence-corrected chi connectivity index (χ0v) is 14.6. The Morgan fingerprint density at radius 1 is 1.19 bits per heavy atom. The molecule has 3 heterocycles. The minimum Gasteiger partial charge on any atom is -0.463 e. The molecule has 4 aromatic rings. The average Bonchev–Trinajstić information content (AvgIpc) is 3.31. The van der Waals surface area contributed by atoms with Gasteiger partial charge >= 0.3 is 0 Å². The van der Waals surface area contributed by atoms with E-state index in [1.165, 1.54) is 6.92 Å². The van der Waals surface area contributed by atoms with Gasteiger partial charge in [-0.15, -0.1) is 5.10 Å². The number of nitrogen functional groups attached to an aromatic ring is 1. The van der Waals surface area contributed by atoms with Crippen molar-refractivity contribution in [1.82, 2.24) is 30.3 Å². The Kier molecular flexibility index (Phi) is 4.25. The monoisotopic (exact) mass is 363 g/mol. The van der Waals surface area contributed by atoms with Crippen molar-refractivity contribution in [3.8, 4) is 11.5 Å². The highest BCUT2D eigenvalue weighted by molar-refractivity contribution is 5.85. The second-order valence-corrected chi connectivity index (χ2v) is 6.01. The van der Waals surface area contributed by atoms with Gasteiger partial charge in [0.2, 0.25) is 11.9 Å². The molecular weight excluding hydrogens is 346 g/mol. The second kappa shape index (κ2) is 6.87. The number of benzene rings is 1. The molecule has 0 radical (unpaired) electrons. The van der Waals surface area contributed by atoms with Crippen LogP contribution in [0.3, 0.4) is 0 Å². The Hall–Kier alpha value is -3.75. The first-order valence-corrected chi connectivity index (χ1v) is 8.33. The fourth-order valence-electron chi connectivity index (χ4n) is 2.83. The van der Waals surface area contributed by atoms with Gasteiger partial charge in [-0.25, -0.2) is 9.67 Å². The second-order valence-electron chi connectivity index (χ2n) is 6.01. The molecule has 9 heteroatoms. The summed E-state index contributed by atoms with van der Waals surface area (Å²) in [5, 5.41) is 11.3. The minimum absolute atomic E-state index is 0.0837. The van der Waals surface area contributed by atoms with Gasteiger partial charge in [0, 0.05) is 13.5 Å². The molecule has 0 saturated carbocycles. The van der Waals surface area contributed by atoms with Crippen LogP contribution in [0.2, 0.25) is 0 Å². The smallest absolute Gasteiger partial charge is 0.222 e. The number of nitrogens with two attached hydrogens (primary N) is 1. The number of fused-ring (bicyclic) bond motifs is 1. The number of rotatable bonds is 5. The first-order chi connectivity index (χ1) is 13.1. The van der Waals surface area contributed by atoms with Gasteiger partial charge in [0.1, 0.15) is 5.69 Å². The van der Waals surface area contributed by atoms with Gasteiger partial charge in [-0.2, -0.15) is 4.98 Å². The molecule has 27 heavy (non-hydrogen) atoms. The van der Waals surface area contributed by atoms with Crippen LogP contribution in [0.5, 0.6) is 0 Å². The maximum Gasteiger partial charge on any atom is 0.222 e. The lowest BCUT2D eigenvalue weighted by Crippen LogP contribution is -2.20. The van der Waals surface area contributed by atoms with E-state index in [1.54, 1.807) is 23.1 Å². The topological polar surface area (TPSA) is 125 Å². The highest BCUT2D eigenvalue weighted by Gasteiger charge is 2.17. The number of hydrogen-bond donors (Lipinski definition) is 2. The van der Waals surface area contributed by atoms with Crippen LogP contribution in [0.25, 0.3) is 22.6 Å². The number of hydrogen-bond acceptors (Lipinski definition) is 7. The zero-order valence-electron chi connectivity index (χ0n) is 14.6. The van der Waals surface area contributed by atoms with Crippen LogP contribution in [0, 0.1) is 0 Å². The summed E-state index contributed by atoms with van der Waals surface area (Å²) in [5.41, 5.74) is 9.40. The fourth-order valence-corrected chi connectivity index (χ4v) is 2.83. The Labute approximate surface area is 154 Å². The van der Waals surface area contributed by atoms with E-state index in [1.807, 2.05) is 24.3 Å². The van der Waals surface area contributed by atoms with E-state index in [4.69, 9.17) is 10.2 Å². The molecule has 1 aromatic carbocycles. The number of nitrogens with zero attached hydrogens (tertiary/aromatic N) is 5. The summed E-state index contributed by atoms with van der Waals surface area (Å²) in [5.74, 6) is 0.579. The van der Waals surface area contributed by atoms with Gasteiger partial charge in [-0.05, 0) is 23.3 Å². The first kappa shape index (κ1) is 16.7. The van der Waals surface area contributed by atoms with Crippen molar-refractivity contribution in [2.75, 3.05) is 5.73 Å². The zero-order chi connectivity index (χ0) is 18.8. The van der Waals surface area contributed by atoms with Gasteiger partial charge in [-0.1, -0.05) is 29.5 Å². The lowest BCUT2D eigenvalue weighted by atomic mass is 10.1.